The van der Waals surface area contributed by atoms with Gasteiger partial charge in [-0.3, -0.25) is 23.9 Å². The SMILES string of the molecule is CC(C)(C)CCC1(NCc2ccco2)C(=O)C(C2=NS(O)(O)c3cc(NS(C)(=O)=O)ccc3N2)=C(O)c2ccccc21. The molecule has 6 N–H and O–H groups in total. The molecule has 0 spiro atoms. The number of fused-ring (bicyclic) bond motifs is 2. The van der Waals surface area contributed by atoms with Gasteiger partial charge in [0.25, 0.3) is 0 Å². The molecule has 0 fully saturated rings. The number of rotatable bonds is 8. The summed E-state index contributed by atoms with van der Waals surface area (Å²) in [5.74, 6) is -0.425. The van der Waals surface area contributed by atoms with E-state index in [1.54, 1.807) is 42.7 Å². The van der Waals surface area contributed by atoms with Crippen molar-refractivity contribution in [2.75, 3.05) is 16.3 Å². The van der Waals surface area contributed by atoms with Crippen LogP contribution in [0.15, 0.2) is 80.1 Å². The number of furan rings is 1. The van der Waals surface area contributed by atoms with Crippen LogP contribution in [0.3, 0.4) is 0 Å². The van der Waals surface area contributed by atoms with E-state index in [4.69, 9.17) is 4.42 Å². The first-order chi connectivity index (χ1) is 19.6. The molecule has 224 valence electrons. The molecular formula is C29H34N4O7S2. The fourth-order valence-corrected chi connectivity index (χ4v) is 6.89. The minimum atomic E-state index is -3.91. The van der Waals surface area contributed by atoms with Gasteiger partial charge in [-0.05, 0) is 54.2 Å². The van der Waals surface area contributed by atoms with Crippen LogP contribution in [0.5, 0.6) is 0 Å². The van der Waals surface area contributed by atoms with Gasteiger partial charge in [0.15, 0.2) is 11.6 Å². The van der Waals surface area contributed by atoms with E-state index < -0.39 is 32.1 Å². The molecule has 11 nitrogen and oxygen atoms in total. The third-order valence-corrected chi connectivity index (χ3v) is 9.15. The Balaban J connectivity index is 1.63. The summed E-state index contributed by atoms with van der Waals surface area (Å²) in [6.45, 7) is 6.45. The fourth-order valence-electron chi connectivity index (χ4n) is 5.15. The zero-order chi connectivity index (χ0) is 30.5. The highest BCUT2D eigenvalue weighted by Gasteiger charge is 2.50. The van der Waals surface area contributed by atoms with E-state index in [0.29, 0.717) is 29.7 Å². The van der Waals surface area contributed by atoms with Gasteiger partial charge in [-0.1, -0.05) is 55.8 Å². The minimum Gasteiger partial charge on any atom is -0.506 e. The molecule has 0 amide bonds. The van der Waals surface area contributed by atoms with Crippen molar-refractivity contribution < 1.29 is 31.8 Å². The zero-order valence-corrected chi connectivity index (χ0v) is 25.3. The van der Waals surface area contributed by atoms with Gasteiger partial charge in [0.2, 0.25) is 10.0 Å². The molecule has 1 aromatic heterocycles. The largest absolute Gasteiger partial charge is 0.506 e. The number of benzene rings is 2. The van der Waals surface area contributed by atoms with Crippen molar-refractivity contribution in [3.05, 3.63) is 83.3 Å². The highest BCUT2D eigenvalue weighted by atomic mass is 32.3. The number of amidine groups is 1. The lowest BCUT2D eigenvalue weighted by Gasteiger charge is -2.42. The van der Waals surface area contributed by atoms with E-state index in [0.717, 1.165) is 6.26 Å². The van der Waals surface area contributed by atoms with Crippen molar-refractivity contribution in [2.45, 2.75) is 50.6 Å². The molecule has 1 aliphatic carbocycles. The minimum absolute atomic E-state index is 0.0569. The normalized spacial score (nSPS) is 20.7. The van der Waals surface area contributed by atoms with Crippen LogP contribution < -0.4 is 15.4 Å². The quantitative estimate of drug-likeness (QED) is 0.182. The molecule has 1 atom stereocenters. The number of Topliss-reactive ketones (excluding diaryl/α,β-unsaturated/α-hetero) is 1. The number of hydrogen-bond acceptors (Lipinski definition) is 10. The first-order valence-corrected chi connectivity index (χ1v) is 16.6. The van der Waals surface area contributed by atoms with Crippen molar-refractivity contribution >= 4 is 49.6 Å². The van der Waals surface area contributed by atoms with Crippen molar-refractivity contribution in [3.63, 3.8) is 0 Å². The molecule has 0 bridgehead atoms. The molecule has 2 aromatic carbocycles. The maximum absolute atomic E-state index is 14.7. The number of nitrogens with zero attached hydrogens (tertiary/aromatic N) is 1. The maximum atomic E-state index is 14.7. The van der Waals surface area contributed by atoms with Crippen molar-refractivity contribution in [1.29, 1.82) is 0 Å². The van der Waals surface area contributed by atoms with Gasteiger partial charge in [-0.25, -0.2) is 8.42 Å². The third kappa shape index (κ3) is 5.83. The summed E-state index contributed by atoms with van der Waals surface area (Å²) in [6.07, 6.45) is 3.53. The molecule has 2 aliphatic rings. The summed E-state index contributed by atoms with van der Waals surface area (Å²) < 4.78 is 57.5. The Kier molecular flexibility index (Phi) is 7.52. The fraction of sp³-hybridized carbons (Fsp3) is 0.310. The topological polar surface area (TPSA) is 173 Å². The number of aliphatic hydroxyl groups is 1. The van der Waals surface area contributed by atoms with Crippen LogP contribution in [0.2, 0.25) is 0 Å². The highest BCUT2D eigenvalue weighted by molar-refractivity contribution is 8.23. The lowest BCUT2D eigenvalue weighted by molar-refractivity contribution is -0.122. The average molecular weight is 615 g/mol. The van der Waals surface area contributed by atoms with Gasteiger partial charge in [0.05, 0.1) is 30.4 Å². The van der Waals surface area contributed by atoms with Crippen molar-refractivity contribution in [2.24, 2.45) is 9.81 Å². The Labute approximate surface area is 246 Å². The van der Waals surface area contributed by atoms with Crippen LogP contribution in [-0.4, -0.2) is 40.5 Å². The molecule has 5 rings (SSSR count). The average Bonchev–Trinajstić information content (AvgIpc) is 3.41. The van der Waals surface area contributed by atoms with Crippen LogP contribution in [0, 0.1) is 5.41 Å². The van der Waals surface area contributed by atoms with Crippen molar-refractivity contribution in [1.82, 2.24) is 5.32 Å². The number of carbonyl (C=O) groups excluding carboxylic acids is 1. The summed E-state index contributed by atoms with van der Waals surface area (Å²) in [4.78, 5) is 14.6. The Morgan fingerprint density at radius 2 is 1.83 bits per heavy atom. The molecule has 0 saturated carbocycles. The Bertz CT molecular complexity index is 1710. The molecule has 2 heterocycles. The first kappa shape index (κ1) is 29.9. The molecule has 0 radical (unpaired) electrons. The lowest BCUT2D eigenvalue weighted by Crippen LogP contribution is -2.53. The molecule has 0 saturated heterocycles. The Hall–Kier alpha value is -3.62. The number of ketones is 1. The number of sulfonamides is 1. The Morgan fingerprint density at radius 3 is 2.50 bits per heavy atom. The predicted octanol–water partition coefficient (Wildman–Crippen LogP) is 5.86. The van der Waals surface area contributed by atoms with Gasteiger partial charge >= 0.3 is 0 Å². The first-order valence-electron chi connectivity index (χ1n) is 13.2. The van der Waals surface area contributed by atoms with Gasteiger partial charge in [-0.15, -0.1) is 4.40 Å². The van der Waals surface area contributed by atoms with Crippen LogP contribution in [0.25, 0.3) is 5.76 Å². The van der Waals surface area contributed by atoms with E-state index in [1.165, 1.54) is 18.2 Å². The third-order valence-electron chi connectivity index (χ3n) is 7.18. The second-order valence-electron chi connectivity index (χ2n) is 11.7. The molecule has 13 heteroatoms. The van der Waals surface area contributed by atoms with Crippen molar-refractivity contribution in [3.8, 4) is 0 Å². The number of aliphatic hydroxyl groups excluding tert-OH is 1. The zero-order valence-electron chi connectivity index (χ0n) is 23.6. The second-order valence-corrected chi connectivity index (χ2v) is 15.1. The van der Waals surface area contributed by atoms with Crippen LogP contribution in [-0.2, 0) is 26.9 Å². The number of hydrogen-bond donors (Lipinski definition) is 6. The van der Waals surface area contributed by atoms with E-state index in [2.05, 4.69) is 40.5 Å². The van der Waals surface area contributed by atoms with Gasteiger partial charge in [0.1, 0.15) is 27.5 Å². The standard InChI is InChI=1S/C29H34N4O7S2/c1-28(2,3)13-14-29(30-17-19-8-7-15-40-19)21-10-6-5-9-20(21)25(34)24(26(29)35)27-31-22-12-11-18(32-41(4,36)37)16-23(22)42(38,39)33-27/h5-12,15-16,30,32,34,38-39H,13-14,17H2,1-4H3,(H,31,33). The predicted molar refractivity (Wildman–Crippen MR) is 164 cm³/mol. The van der Waals surface area contributed by atoms with Crippen LogP contribution in [0.1, 0.15) is 50.5 Å². The smallest absolute Gasteiger partial charge is 0.229 e. The van der Waals surface area contributed by atoms with Crippen LogP contribution in [0.4, 0.5) is 11.4 Å². The van der Waals surface area contributed by atoms with Gasteiger partial charge in [0, 0.05) is 5.56 Å². The molecule has 3 aromatic rings. The maximum Gasteiger partial charge on any atom is 0.229 e. The summed E-state index contributed by atoms with van der Waals surface area (Å²) in [6, 6.07) is 14.8. The number of nitrogens with one attached hydrogen (secondary N) is 3. The summed E-state index contributed by atoms with van der Waals surface area (Å²) in [5.41, 5.74) is -0.322. The monoisotopic (exact) mass is 614 g/mol. The number of carbonyl (C=O) groups is 1. The van der Waals surface area contributed by atoms with E-state index in [9.17, 15) is 27.4 Å². The summed E-state index contributed by atoms with van der Waals surface area (Å²) in [5, 5.41) is 17.9. The molecular weight excluding hydrogens is 580 g/mol. The van der Waals surface area contributed by atoms with E-state index in [1.807, 2.05) is 0 Å². The summed E-state index contributed by atoms with van der Waals surface area (Å²) >= 11 is 0. The lowest BCUT2D eigenvalue weighted by atomic mass is 9.69. The molecule has 42 heavy (non-hydrogen) atoms. The Morgan fingerprint density at radius 1 is 1.10 bits per heavy atom. The van der Waals surface area contributed by atoms with Crippen LogP contribution >= 0.6 is 10.8 Å². The molecule has 1 aliphatic heterocycles. The summed E-state index contributed by atoms with van der Waals surface area (Å²) in [7, 11) is -7.53. The van der Waals surface area contributed by atoms with E-state index >= 15 is 0 Å². The van der Waals surface area contributed by atoms with Gasteiger partial charge < -0.3 is 14.8 Å². The van der Waals surface area contributed by atoms with Gasteiger partial charge in [-0.2, -0.15) is 0 Å². The van der Waals surface area contributed by atoms with E-state index in [-0.39, 0.29) is 45.4 Å². The molecule has 1 unspecified atom stereocenters. The second kappa shape index (κ2) is 10.6. The number of anilines is 2. The highest BCUT2D eigenvalue weighted by Crippen LogP contribution is 2.57.